The van der Waals surface area contributed by atoms with Gasteiger partial charge in [0.15, 0.2) is 11.9 Å². The average Bonchev–Trinajstić information content (AvgIpc) is 2.43. The van der Waals surface area contributed by atoms with E-state index >= 15 is 0 Å². The minimum absolute atomic E-state index is 0.203. The van der Waals surface area contributed by atoms with E-state index in [2.05, 4.69) is 0 Å². The molecule has 0 aromatic heterocycles. The van der Waals surface area contributed by atoms with Crippen LogP contribution in [0.3, 0.4) is 0 Å². The van der Waals surface area contributed by atoms with Crippen molar-refractivity contribution in [2.75, 3.05) is 0 Å². The van der Waals surface area contributed by atoms with E-state index < -0.39 is 36.0 Å². The lowest BCUT2D eigenvalue weighted by Gasteiger charge is -2.14. The van der Waals surface area contributed by atoms with Gasteiger partial charge in [-0.3, -0.25) is 14.4 Å². The van der Waals surface area contributed by atoms with Crippen molar-refractivity contribution in [2.24, 2.45) is 0 Å². The predicted octanol–water partition coefficient (Wildman–Crippen LogP) is 0.891. The smallest absolute Gasteiger partial charge is 0.330 e. The molecule has 0 saturated carbocycles. The lowest BCUT2D eigenvalue weighted by molar-refractivity contribution is -0.157. The number of aldehydes is 1. The summed E-state index contributed by atoms with van der Waals surface area (Å²) in [6.45, 7) is 4.48. The number of hydrogen-bond acceptors (Lipinski definition) is 7. The quantitative estimate of drug-likeness (QED) is 0.361. The molecule has 0 bridgehead atoms. The highest BCUT2D eigenvalue weighted by Gasteiger charge is 2.19. The molecule has 0 aliphatic heterocycles. The third-order valence-corrected chi connectivity index (χ3v) is 2.55. The van der Waals surface area contributed by atoms with Gasteiger partial charge in [-0.2, -0.15) is 0 Å². The maximum absolute atomic E-state index is 11.6. The SMILES string of the molecule is C[C@H](O)C/C=C/C(=O)O[C@@H](C)CC(=O)O[C@@H](C)C(=O)/C=C/C=O. The second-order valence-corrected chi connectivity index (χ2v) is 4.97. The van der Waals surface area contributed by atoms with Crippen LogP contribution >= 0.6 is 0 Å². The summed E-state index contributed by atoms with van der Waals surface area (Å²) in [6, 6.07) is 0. The third kappa shape index (κ3) is 11.0. The van der Waals surface area contributed by atoms with Crippen molar-refractivity contribution in [2.45, 2.75) is 51.9 Å². The van der Waals surface area contributed by atoms with E-state index in [1.54, 1.807) is 6.92 Å². The third-order valence-electron chi connectivity index (χ3n) is 2.55. The minimum atomic E-state index is -1.02. The number of ether oxygens (including phenoxy) is 2. The van der Waals surface area contributed by atoms with Gasteiger partial charge >= 0.3 is 11.9 Å². The van der Waals surface area contributed by atoms with Gasteiger partial charge in [-0.1, -0.05) is 6.08 Å². The van der Waals surface area contributed by atoms with Crippen LogP contribution in [-0.4, -0.2) is 47.4 Å². The number of aliphatic hydroxyl groups excluding tert-OH is 1. The van der Waals surface area contributed by atoms with E-state index in [9.17, 15) is 19.2 Å². The first-order chi connectivity index (χ1) is 10.8. The summed E-state index contributed by atoms with van der Waals surface area (Å²) in [5.41, 5.74) is 0. The Balaban J connectivity index is 4.21. The topological polar surface area (TPSA) is 107 Å². The minimum Gasteiger partial charge on any atom is -0.459 e. The molecule has 0 unspecified atom stereocenters. The zero-order valence-corrected chi connectivity index (χ0v) is 13.4. The fourth-order valence-corrected chi connectivity index (χ4v) is 1.45. The molecule has 23 heavy (non-hydrogen) atoms. The summed E-state index contributed by atoms with van der Waals surface area (Å²) in [5.74, 6) is -1.85. The number of hydrogen-bond donors (Lipinski definition) is 1. The molecule has 0 aromatic rings. The monoisotopic (exact) mass is 326 g/mol. The zero-order chi connectivity index (χ0) is 17.8. The highest BCUT2D eigenvalue weighted by atomic mass is 16.6. The average molecular weight is 326 g/mol. The van der Waals surface area contributed by atoms with Gasteiger partial charge in [0.2, 0.25) is 0 Å². The van der Waals surface area contributed by atoms with E-state index in [1.165, 1.54) is 26.0 Å². The second-order valence-electron chi connectivity index (χ2n) is 4.97. The van der Waals surface area contributed by atoms with Gasteiger partial charge in [0.05, 0.1) is 12.5 Å². The molecule has 0 saturated heterocycles. The van der Waals surface area contributed by atoms with Crippen molar-refractivity contribution >= 4 is 24.0 Å². The maximum atomic E-state index is 11.6. The molecule has 0 heterocycles. The molecule has 0 rings (SSSR count). The van der Waals surface area contributed by atoms with Crippen LogP contribution in [0.2, 0.25) is 0 Å². The molecular formula is C16H22O7. The van der Waals surface area contributed by atoms with Gasteiger partial charge in [0.1, 0.15) is 12.4 Å². The molecule has 3 atom stereocenters. The van der Waals surface area contributed by atoms with Crippen LogP contribution in [0, 0.1) is 0 Å². The van der Waals surface area contributed by atoms with Crippen LogP contribution in [-0.2, 0) is 28.7 Å². The molecule has 0 spiro atoms. The first kappa shape index (κ1) is 20.7. The zero-order valence-electron chi connectivity index (χ0n) is 13.4. The summed E-state index contributed by atoms with van der Waals surface area (Å²) >= 11 is 0. The highest BCUT2D eigenvalue weighted by molar-refractivity contribution is 5.96. The molecule has 7 nitrogen and oxygen atoms in total. The lowest BCUT2D eigenvalue weighted by atomic mass is 10.2. The van der Waals surface area contributed by atoms with E-state index in [-0.39, 0.29) is 6.42 Å². The van der Waals surface area contributed by atoms with Gasteiger partial charge in [-0.05, 0) is 39.3 Å². The highest BCUT2D eigenvalue weighted by Crippen LogP contribution is 2.04. The summed E-state index contributed by atoms with van der Waals surface area (Å²) < 4.78 is 9.83. The van der Waals surface area contributed by atoms with Crippen LogP contribution in [0.15, 0.2) is 24.3 Å². The summed E-state index contributed by atoms with van der Waals surface area (Å²) in [7, 11) is 0. The Bertz CT molecular complexity index is 477. The number of ketones is 1. The van der Waals surface area contributed by atoms with Crippen molar-refractivity contribution < 1.29 is 33.8 Å². The number of rotatable bonds is 10. The molecule has 128 valence electrons. The Morgan fingerprint density at radius 2 is 1.74 bits per heavy atom. The Hall–Kier alpha value is -2.28. The van der Waals surface area contributed by atoms with Crippen LogP contribution in [0.4, 0.5) is 0 Å². The Labute approximate surface area is 135 Å². The molecular weight excluding hydrogens is 304 g/mol. The standard InChI is InChI=1S/C16H22O7/c1-11(18)6-4-8-15(20)22-12(2)10-16(21)23-13(3)14(19)7-5-9-17/h4-5,7-9,11-13,18H,6,10H2,1-3H3/b7-5+,8-4+/t11-,12-,13-/m0/s1. The van der Waals surface area contributed by atoms with E-state index in [1.807, 2.05) is 0 Å². The summed E-state index contributed by atoms with van der Waals surface area (Å²) in [4.78, 5) is 44.6. The number of carbonyl (C=O) groups excluding carboxylic acids is 4. The van der Waals surface area contributed by atoms with Crippen molar-refractivity contribution in [1.29, 1.82) is 0 Å². The largest absolute Gasteiger partial charge is 0.459 e. The number of carbonyl (C=O) groups is 4. The molecule has 0 aliphatic rings. The Morgan fingerprint density at radius 3 is 2.30 bits per heavy atom. The van der Waals surface area contributed by atoms with Crippen LogP contribution in [0.5, 0.6) is 0 Å². The fraction of sp³-hybridized carbons (Fsp3) is 0.500. The van der Waals surface area contributed by atoms with Crippen LogP contribution < -0.4 is 0 Å². The lowest BCUT2D eigenvalue weighted by Crippen LogP contribution is -2.26. The number of esters is 2. The molecule has 7 heteroatoms. The van der Waals surface area contributed by atoms with Crippen molar-refractivity contribution in [3.8, 4) is 0 Å². The molecule has 0 aliphatic carbocycles. The second kappa shape index (κ2) is 11.3. The first-order valence-corrected chi connectivity index (χ1v) is 7.16. The fourth-order valence-electron chi connectivity index (χ4n) is 1.45. The molecule has 0 fully saturated rings. The normalized spacial score (nSPS) is 15.1. The Kier molecular flexibility index (Phi) is 10.2. The first-order valence-electron chi connectivity index (χ1n) is 7.16. The van der Waals surface area contributed by atoms with Gasteiger partial charge in [-0.15, -0.1) is 0 Å². The number of allylic oxidation sites excluding steroid dienone is 1. The van der Waals surface area contributed by atoms with Gasteiger partial charge < -0.3 is 14.6 Å². The molecule has 0 radical (unpaired) electrons. The summed E-state index contributed by atoms with van der Waals surface area (Å²) in [6.07, 6.45) is 2.93. The van der Waals surface area contributed by atoms with Crippen molar-refractivity contribution in [1.82, 2.24) is 0 Å². The number of aliphatic hydroxyl groups is 1. The predicted molar refractivity (Wildman–Crippen MR) is 81.4 cm³/mol. The van der Waals surface area contributed by atoms with Gasteiger partial charge in [0, 0.05) is 6.08 Å². The van der Waals surface area contributed by atoms with E-state index in [4.69, 9.17) is 14.6 Å². The Morgan fingerprint density at radius 1 is 1.09 bits per heavy atom. The maximum Gasteiger partial charge on any atom is 0.330 e. The van der Waals surface area contributed by atoms with E-state index in [0.29, 0.717) is 12.7 Å². The summed E-state index contributed by atoms with van der Waals surface area (Å²) in [5, 5.41) is 9.03. The molecule has 0 amide bonds. The van der Waals surface area contributed by atoms with E-state index in [0.717, 1.165) is 12.2 Å². The van der Waals surface area contributed by atoms with Crippen LogP contribution in [0.1, 0.15) is 33.6 Å². The van der Waals surface area contributed by atoms with Crippen molar-refractivity contribution in [3.05, 3.63) is 24.3 Å². The molecule has 0 aromatic carbocycles. The van der Waals surface area contributed by atoms with Gasteiger partial charge in [-0.25, -0.2) is 4.79 Å². The molecule has 1 N–H and O–H groups in total. The van der Waals surface area contributed by atoms with Crippen LogP contribution in [0.25, 0.3) is 0 Å². The van der Waals surface area contributed by atoms with Gasteiger partial charge in [0.25, 0.3) is 0 Å². The van der Waals surface area contributed by atoms with Crippen molar-refractivity contribution in [3.63, 3.8) is 0 Å².